The predicted octanol–water partition coefficient (Wildman–Crippen LogP) is 5.22. The molecule has 2 aromatic heterocycles. The van der Waals surface area contributed by atoms with Gasteiger partial charge in [0, 0.05) is 17.7 Å². The highest BCUT2D eigenvalue weighted by atomic mass is 16.6. The summed E-state index contributed by atoms with van der Waals surface area (Å²) in [6, 6.07) is 5.32. The molecule has 0 aromatic carbocycles. The largest absolute Gasteiger partial charge is 0.472 e. The maximum Gasteiger partial charge on any atom is 0.425 e. The van der Waals surface area contributed by atoms with Gasteiger partial charge in [0.05, 0.1) is 18.2 Å². The molecule has 8 nitrogen and oxygen atoms in total. The van der Waals surface area contributed by atoms with Gasteiger partial charge in [0.1, 0.15) is 17.0 Å². The number of hydrogen-bond acceptors (Lipinski definition) is 7. The van der Waals surface area contributed by atoms with Crippen LogP contribution < -0.4 is 4.90 Å². The molecule has 0 saturated carbocycles. The number of nitrogens with zero attached hydrogens (tertiary/aromatic N) is 3. The van der Waals surface area contributed by atoms with Crippen molar-refractivity contribution in [3.8, 4) is 11.1 Å². The van der Waals surface area contributed by atoms with Gasteiger partial charge in [-0.05, 0) is 79.3 Å². The van der Waals surface area contributed by atoms with E-state index >= 15 is 0 Å². The van der Waals surface area contributed by atoms with E-state index in [4.69, 9.17) is 18.9 Å². The Morgan fingerprint density at radius 2 is 1.65 bits per heavy atom. The summed E-state index contributed by atoms with van der Waals surface area (Å²) in [5, 5.41) is 0. The summed E-state index contributed by atoms with van der Waals surface area (Å²) in [4.78, 5) is 33.7. The lowest BCUT2D eigenvalue weighted by molar-refractivity contribution is 0.0429. The monoisotopic (exact) mass is 429 g/mol. The number of furan rings is 1. The quantitative estimate of drug-likeness (QED) is 0.658. The zero-order valence-electron chi connectivity index (χ0n) is 19.1. The third-order valence-corrected chi connectivity index (χ3v) is 4.49. The molecular formula is C23H31N3O5. The number of rotatable bonds is 4. The number of amides is 2. The minimum absolute atomic E-state index is 0.159. The summed E-state index contributed by atoms with van der Waals surface area (Å²) in [6.07, 6.45) is 2.73. The maximum absolute atomic E-state index is 12.9. The van der Waals surface area contributed by atoms with Gasteiger partial charge in [-0.15, -0.1) is 0 Å². The summed E-state index contributed by atoms with van der Waals surface area (Å²) in [5.41, 5.74) is 0.951. The number of anilines is 1. The molecule has 0 atom stereocenters. The fourth-order valence-electron chi connectivity index (χ4n) is 3.04. The van der Waals surface area contributed by atoms with E-state index in [0.29, 0.717) is 6.54 Å². The molecule has 0 spiro atoms. The van der Waals surface area contributed by atoms with Crippen LogP contribution in [0.2, 0.25) is 0 Å². The minimum atomic E-state index is -0.833. The van der Waals surface area contributed by atoms with Crippen LogP contribution in [0.5, 0.6) is 0 Å². The second kappa shape index (κ2) is 8.70. The molecular weight excluding hydrogens is 398 g/mol. The first kappa shape index (κ1) is 22.8. The van der Waals surface area contributed by atoms with Gasteiger partial charge in [0.15, 0.2) is 0 Å². The lowest BCUT2D eigenvalue weighted by atomic mass is 10.1. The molecule has 8 heteroatoms. The molecule has 1 saturated heterocycles. The first-order valence-corrected chi connectivity index (χ1v) is 10.4. The van der Waals surface area contributed by atoms with Gasteiger partial charge in [-0.2, -0.15) is 4.90 Å². The average molecular weight is 430 g/mol. The summed E-state index contributed by atoms with van der Waals surface area (Å²) in [5.74, 6) is 0.159. The van der Waals surface area contributed by atoms with Crippen molar-refractivity contribution in [3.63, 3.8) is 0 Å². The molecule has 1 aliphatic heterocycles. The van der Waals surface area contributed by atoms with E-state index in [0.717, 1.165) is 41.2 Å². The summed E-state index contributed by atoms with van der Waals surface area (Å²) >= 11 is 0. The van der Waals surface area contributed by atoms with E-state index < -0.39 is 23.4 Å². The molecule has 3 heterocycles. The molecule has 0 radical (unpaired) electrons. The second-order valence-electron chi connectivity index (χ2n) is 9.60. The van der Waals surface area contributed by atoms with Crippen molar-refractivity contribution in [1.29, 1.82) is 0 Å². The van der Waals surface area contributed by atoms with Crippen LogP contribution in [-0.4, -0.2) is 46.4 Å². The molecule has 1 aliphatic rings. The first-order valence-electron chi connectivity index (χ1n) is 10.4. The molecule has 168 valence electrons. The highest BCUT2D eigenvalue weighted by Gasteiger charge is 2.34. The third kappa shape index (κ3) is 6.07. The van der Waals surface area contributed by atoms with Crippen molar-refractivity contribution in [2.75, 3.05) is 18.0 Å². The molecule has 3 rings (SSSR count). The van der Waals surface area contributed by atoms with E-state index in [1.54, 1.807) is 60.1 Å². The van der Waals surface area contributed by atoms with Crippen LogP contribution in [0.25, 0.3) is 11.1 Å². The predicted molar refractivity (Wildman–Crippen MR) is 117 cm³/mol. The number of imide groups is 1. The summed E-state index contributed by atoms with van der Waals surface area (Å²) in [6.45, 7) is 13.0. The Morgan fingerprint density at radius 1 is 1.03 bits per heavy atom. The van der Waals surface area contributed by atoms with Crippen molar-refractivity contribution in [2.45, 2.75) is 65.7 Å². The normalized spacial score (nSPS) is 14.6. The highest BCUT2D eigenvalue weighted by molar-refractivity contribution is 6.08. The van der Waals surface area contributed by atoms with Gasteiger partial charge < -0.3 is 13.9 Å². The first-order chi connectivity index (χ1) is 14.4. The lowest BCUT2D eigenvalue weighted by Crippen LogP contribution is -2.44. The van der Waals surface area contributed by atoms with E-state index in [9.17, 15) is 9.59 Å². The van der Waals surface area contributed by atoms with Crippen LogP contribution in [0.4, 0.5) is 15.4 Å². The number of pyridine rings is 1. The van der Waals surface area contributed by atoms with Gasteiger partial charge in [0.2, 0.25) is 0 Å². The second-order valence-corrected chi connectivity index (χ2v) is 9.60. The topological polar surface area (TPSA) is 85.1 Å². The summed E-state index contributed by atoms with van der Waals surface area (Å²) < 4.78 is 16.2. The van der Waals surface area contributed by atoms with Crippen molar-refractivity contribution >= 4 is 18.0 Å². The Morgan fingerprint density at radius 3 is 2.10 bits per heavy atom. The Kier molecular flexibility index (Phi) is 6.40. The maximum atomic E-state index is 12.9. The van der Waals surface area contributed by atoms with Crippen molar-refractivity contribution < 1.29 is 23.5 Å². The fraction of sp³-hybridized carbons (Fsp3) is 0.522. The molecule has 0 N–H and O–H groups in total. The van der Waals surface area contributed by atoms with E-state index in [-0.39, 0.29) is 5.82 Å². The van der Waals surface area contributed by atoms with E-state index in [1.807, 2.05) is 12.1 Å². The Labute approximate surface area is 183 Å². The standard InChI is InChI=1S/C23H31N3O5/c1-22(2,3)30-20(27)26(21(28)31-23(4,5)6)19-9-8-17(16-10-13-29-15-16)18(24-19)14-25-11-7-12-25/h8-10,13,15H,7,11-12,14H2,1-6H3. The lowest BCUT2D eigenvalue weighted by Gasteiger charge is -2.31. The number of carbonyl (C=O) groups excluding carboxylic acids is 2. The zero-order valence-corrected chi connectivity index (χ0v) is 19.1. The Hall–Kier alpha value is -2.87. The van der Waals surface area contributed by atoms with Crippen LogP contribution in [0.15, 0.2) is 35.1 Å². The number of ether oxygens (including phenoxy) is 2. The van der Waals surface area contributed by atoms with Gasteiger partial charge in [-0.1, -0.05) is 0 Å². The molecule has 0 bridgehead atoms. The van der Waals surface area contributed by atoms with Crippen LogP contribution in [0, 0.1) is 0 Å². The molecule has 31 heavy (non-hydrogen) atoms. The zero-order chi connectivity index (χ0) is 22.8. The van der Waals surface area contributed by atoms with E-state index in [2.05, 4.69) is 4.90 Å². The molecule has 1 fully saturated rings. The van der Waals surface area contributed by atoms with Crippen LogP contribution in [0.3, 0.4) is 0 Å². The minimum Gasteiger partial charge on any atom is -0.472 e. The molecule has 0 aliphatic carbocycles. The SMILES string of the molecule is CC(C)(C)OC(=O)N(C(=O)OC(C)(C)C)c1ccc(-c2ccoc2)c(CN2CCC2)n1. The Balaban J connectivity index is 2.01. The number of aromatic nitrogens is 1. The highest BCUT2D eigenvalue weighted by Crippen LogP contribution is 2.29. The van der Waals surface area contributed by atoms with Gasteiger partial charge in [0.25, 0.3) is 0 Å². The molecule has 2 aromatic rings. The smallest absolute Gasteiger partial charge is 0.425 e. The number of carbonyl (C=O) groups is 2. The van der Waals surface area contributed by atoms with Crippen molar-refractivity contribution in [3.05, 3.63) is 36.4 Å². The fourth-order valence-corrected chi connectivity index (χ4v) is 3.04. The van der Waals surface area contributed by atoms with Crippen molar-refractivity contribution in [1.82, 2.24) is 9.88 Å². The number of hydrogen-bond donors (Lipinski definition) is 0. The number of likely N-dealkylation sites (tertiary alicyclic amines) is 1. The van der Waals surface area contributed by atoms with Gasteiger partial charge in [-0.3, -0.25) is 4.90 Å². The van der Waals surface area contributed by atoms with Crippen molar-refractivity contribution in [2.24, 2.45) is 0 Å². The third-order valence-electron chi connectivity index (χ3n) is 4.49. The van der Waals surface area contributed by atoms with Crippen LogP contribution in [-0.2, 0) is 16.0 Å². The average Bonchev–Trinajstić information content (AvgIpc) is 3.09. The van der Waals surface area contributed by atoms with Gasteiger partial charge in [-0.25, -0.2) is 14.6 Å². The van der Waals surface area contributed by atoms with Crippen LogP contribution >= 0.6 is 0 Å². The Bertz CT molecular complexity index is 894. The van der Waals surface area contributed by atoms with Gasteiger partial charge >= 0.3 is 12.2 Å². The molecule has 2 amide bonds. The van der Waals surface area contributed by atoms with Crippen LogP contribution in [0.1, 0.15) is 53.7 Å². The summed E-state index contributed by atoms with van der Waals surface area (Å²) in [7, 11) is 0. The van der Waals surface area contributed by atoms with E-state index in [1.165, 1.54) is 0 Å². The molecule has 0 unspecified atom stereocenters.